The lowest BCUT2D eigenvalue weighted by atomic mass is 10.0. The molecule has 0 saturated carbocycles. The van der Waals surface area contributed by atoms with Crippen molar-refractivity contribution in [1.82, 2.24) is 5.32 Å². The third-order valence-electron chi connectivity index (χ3n) is 3.16. The predicted molar refractivity (Wildman–Crippen MR) is 66.8 cm³/mol. The fraction of sp³-hybridized carbons (Fsp3) is 0.538. The number of hydrogen-bond donors (Lipinski definition) is 3. The third kappa shape index (κ3) is 3.42. The van der Waals surface area contributed by atoms with Crippen LogP contribution in [0.3, 0.4) is 0 Å². The summed E-state index contributed by atoms with van der Waals surface area (Å²) in [6, 6.07) is 7.28. The zero-order chi connectivity index (χ0) is 11.2. The topological polar surface area (TPSA) is 44.3 Å². The molecule has 1 aliphatic rings. The smallest absolute Gasteiger partial charge is 0.115 e. The first-order valence-corrected chi connectivity index (χ1v) is 6.08. The van der Waals surface area contributed by atoms with E-state index < -0.39 is 0 Å². The van der Waals surface area contributed by atoms with E-state index in [0.717, 1.165) is 31.2 Å². The van der Waals surface area contributed by atoms with Gasteiger partial charge in [-0.25, -0.2) is 0 Å². The maximum atomic E-state index is 9.17. The summed E-state index contributed by atoms with van der Waals surface area (Å²) in [6.45, 7) is 3.34. The van der Waals surface area contributed by atoms with E-state index in [1.807, 2.05) is 12.1 Å². The van der Waals surface area contributed by atoms with Crippen molar-refractivity contribution in [1.29, 1.82) is 0 Å². The molecule has 1 aromatic carbocycles. The van der Waals surface area contributed by atoms with Gasteiger partial charge in [-0.1, -0.05) is 0 Å². The lowest BCUT2D eigenvalue weighted by molar-refractivity contribution is 0.475. The van der Waals surface area contributed by atoms with Gasteiger partial charge in [0.25, 0.3) is 0 Å². The van der Waals surface area contributed by atoms with Crippen LogP contribution in [0.25, 0.3) is 0 Å². The van der Waals surface area contributed by atoms with Crippen LogP contribution in [0.5, 0.6) is 5.75 Å². The highest BCUT2D eigenvalue weighted by Crippen LogP contribution is 2.17. The molecule has 3 nitrogen and oxygen atoms in total. The molecule has 0 spiro atoms. The fourth-order valence-corrected chi connectivity index (χ4v) is 2.14. The van der Waals surface area contributed by atoms with Crippen molar-refractivity contribution >= 4 is 5.69 Å². The van der Waals surface area contributed by atoms with Gasteiger partial charge in [0.2, 0.25) is 0 Å². The first kappa shape index (κ1) is 11.3. The average Bonchev–Trinajstić information content (AvgIpc) is 2.57. The van der Waals surface area contributed by atoms with E-state index in [4.69, 9.17) is 0 Å². The van der Waals surface area contributed by atoms with Crippen molar-refractivity contribution in [3.63, 3.8) is 0 Å². The molecule has 16 heavy (non-hydrogen) atoms. The van der Waals surface area contributed by atoms with Crippen molar-refractivity contribution in [2.45, 2.75) is 19.3 Å². The molecule has 3 heteroatoms. The number of phenols is 1. The summed E-state index contributed by atoms with van der Waals surface area (Å²) < 4.78 is 0. The fourth-order valence-electron chi connectivity index (χ4n) is 2.14. The van der Waals surface area contributed by atoms with Gasteiger partial charge < -0.3 is 15.7 Å². The molecule has 0 aromatic heterocycles. The summed E-state index contributed by atoms with van der Waals surface area (Å²) in [4.78, 5) is 0. The van der Waals surface area contributed by atoms with Crippen LogP contribution in [0.1, 0.15) is 19.3 Å². The third-order valence-corrected chi connectivity index (χ3v) is 3.16. The molecular weight excluding hydrogens is 200 g/mol. The Morgan fingerprint density at radius 1 is 1.19 bits per heavy atom. The maximum Gasteiger partial charge on any atom is 0.115 e. The molecule has 0 amide bonds. The molecule has 1 atom stereocenters. The summed E-state index contributed by atoms with van der Waals surface area (Å²) in [6.07, 6.45) is 3.84. The number of anilines is 1. The van der Waals surface area contributed by atoms with Crippen LogP contribution < -0.4 is 10.6 Å². The molecule has 1 heterocycles. The summed E-state index contributed by atoms with van der Waals surface area (Å²) in [5, 5.41) is 16.0. The molecule has 2 rings (SSSR count). The van der Waals surface area contributed by atoms with Gasteiger partial charge in [0.1, 0.15) is 5.75 Å². The van der Waals surface area contributed by atoms with E-state index in [9.17, 15) is 5.11 Å². The standard InChI is InChI=1S/C13H20N2O/c16-13-5-3-12(4-6-13)15-10-11-2-1-8-14-9-7-11/h3-6,11,14-16H,1-2,7-10H2. The summed E-state index contributed by atoms with van der Waals surface area (Å²) in [5.41, 5.74) is 1.09. The second-order valence-corrected chi connectivity index (χ2v) is 4.47. The van der Waals surface area contributed by atoms with Gasteiger partial charge in [-0.2, -0.15) is 0 Å². The van der Waals surface area contributed by atoms with Crippen LogP contribution in [0, 0.1) is 5.92 Å². The lowest BCUT2D eigenvalue weighted by Gasteiger charge is -2.15. The summed E-state index contributed by atoms with van der Waals surface area (Å²) in [7, 11) is 0. The first-order valence-electron chi connectivity index (χ1n) is 6.08. The van der Waals surface area contributed by atoms with Gasteiger partial charge in [-0.15, -0.1) is 0 Å². The Morgan fingerprint density at radius 3 is 2.81 bits per heavy atom. The predicted octanol–water partition coefficient (Wildman–Crippen LogP) is 2.19. The molecule has 1 aromatic rings. The Morgan fingerprint density at radius 2 is 2.00 bits per heavy atom. The lowest BCUT2D eigenvalue weighted by Crippen LogP contribution is -2.17. The van der Waals surface area contributed by atoms with E-state index in [1.54, 1.807) is 12.1 Å². The van der Waals surface area contributed by atoms with E-state index in [0.29, 0.717) is 5.75 Å². The van der Waals surface area contributed by atoms with Crippen LogP contribution in [0.4, 0.5) is 5.69 Å². The minimum absolute atomic E-state index is 0.323. The van der Waals surface area contributed by atoms with Crippen molar-refractivity contribution < 1.29 is 5.11 Å². The molecule has 0 radical (unpaired) electrons. The molecule has 3 N–H and O–H groups in total. The minimum atomic E-state index is 0.323. The largest absolute Gasteiger partial charge is 0.508 e. The Kier molecular flexibility index (Phi) is 4.05. The van der Waals surface area contributed by atoms with Gasteiger partial charge in [0.15, 0.2) is 0 Å². The summed E-state index contributed by atoms with van der Waals surface area (Å²) >= 11 is 0. The Balaban J connectivity index is 1.79. The van der Waals surface area contributed by atoms with Crippen LogP contribution >= 0.6 is 0 Å². The van der Waals surface area contributed by atoms with Gasteiger partial charge in [0.05, 0.1) is 0 Å². The van der Waals surface area contributed by atoms with Crippen molar-refractivity contribution in [3.8, 4) is 5.75 Å². The number of nitrogens with one attached hydrogen (secondary N) is 2. The molecule has 1 fully saturated rings. The molecule has 88 valence electrons. The van der Waals surface area contributed by atoms with Crippen molar-refractivity contribution in [2.75, 3.05) is 25.0 Å². The number of benzene rings is 1. The van der Waals surface area contributed by atoms with Crippen molar-refractivity contribution in [3.05, 3.63) is 24.3 Å². The Bertz CT molecular complexity index is 302. The average molecular weight is 220 g/mol. The highest BCUT2D eigenvalue weighted by molar-refractivity contribution is 5.45. The van der Waals surface area contributed by atoms with Gasteiger partial charge >= 0.3 is 0 Å². The molecular formula is C13H20N2O. The van der Waals surface area contributed by atoms with E-state index in [2.05, 4.69) is 10.6 Å². The first-order chi connectivity index (χ1) is 7.84. The number of phenolic OH excluding ortho intramolecular Hbond substituents is 1. The van der Waals surface area contributed by atoms with E-state index >= 15 is 0 Å². The van der Waals surface area contributed by atoms with Crippen LogP contribution in [-0.4, -0.2) is 24.7 Å². The van der Waals surface area contributed by atoms with Gasteiger partial charge in [-0.05, 0) is 62.5 Å². The van der Waals surface area contributed by atoms with Crippen LogP contribution in [-0.2, 0) is 0 Å². The molecule has 0 bridgehead atoms. The molecule has 1 unspecified atom stereocenters. The minimum Gasteiger partial charge on any atom is -0.508 e. The quantitative estimate of drug-likeness (QED) is 0.684. The Hall–Kier alpha value is -1.22. The molecule has 1 saturated heterocycles. The Labute approximate surface area is 96.9 Å². The maximum absolute atomic E-state index is 9.17. The molecule has 0 aliphatic carbocycles. The van der Waals surface area contributed by atoms with Gasteiger partial charge in [-0.3, -0.25) is 0 Å². The second kappa shape index (κ2) is 5.75. The van der Waals surface area contributed by atoms with Gasteiger partial charge in [0, 0.05) is 12.2 Å². The highest BCUT2D eigenvalue weighted by atomic mass is 16.3. The van der Waals surface area contributed by atoms with E-state index in [-0.39, 0.29) is 0 Å². The number of hydrogen-bond acceptors (Lipinski definition) is 3. The second-order valence-electron chi connectivity index (χ2n) is 4.47. The SMILES string of the molecule is Oc1ccc(NCC2CCCNCC2)cc1. The zero-order valence-corrected chi connectivity index (χ0v) is 9.58. The van der Waals surface area contributed by atoms with Crippen LogP contribution in [0.2, 0.25) is 0 Å². The normalized spacial score (nSPS) is 21.4. The monoisotopic (exact) mass is 220 g/mol. The number of aromatic hydroxyl groups is 1. The van der Waals surface area contributed by atoms with E-state index in [1.165, 1.54) is 19.3 Å². The highest BCUT2D eigenvalue weighted by Gasteiger charge is 2.11. The van der Waals surface area contributed by atoms with Crippen molar-refractivity contribution in [2.24, 2.45) is 5.92 Å². The zero-order valence-electron chi connectivity index (χ0n) is 9.58. The molecule has 1 aliphatic heterocycles. The number of rotatable bonds is 3. The summed E-state index contributed by atoms with van der Waals surface area (Å²) in [5.74, 6) is 1.09. The van der Waals surface area contributed by atoms with Crippen LogP contribution in [0.15, 0.2) is 24.3 Å².